The number of hydrogen-bond donors (Lipinski definition) is 0. The molecule has 0 aromatic heterocycles. The Hall–Kier alpha value is -1.56. The summed E-state index contributed by atoms with van der Waals surface area (Å²) in [6, 6.07) is 7.99. The highest BCUT2D eigenvalue weighted by Crippen LogP contribution is 2.39. The molecular weight excluding hydrogens is 295 g/mol. The van der Waals surface area contributed by atoms with Crippen LogP contribution in [-0.4, -0.2) is 29.8 Å². The lowest BCUT2D eigenvalue weighted by Crippen LogP contribution is -2.48. The SMILES string of the molecule is CC(C)[C@H](C)C(=O)N1[C@H](C(F)(F)F)OC[C@H]1c1ccccc1. The summed E-state index contributed by atoms with van der Waals surface area (Å²) in [5.74, 6) is -1.07. The van der Waals surface area contributed by atoms with Crippen molar-refractivity contribution in [2.24, 2.45) is 11.8 Å². The molecule has 122 valence electrons. The lowest BCUT2D eigenvalue weighted by Gasteiger charge is -2.32. The van der Waals surface area contributed by atoms with Gasteiger partial charge in [-0.25, -0.2) is 0 Å². The van der Waals surface area contributed by atoms with Crippen molar-refractivity contribution in [2.75, 3.05) is 6.61 Å². The van der Waals surface area contributed by atoms with Crippen molar-refractivity contribution in [2.45, 2.75) is 39.2 Å². The standard InChI is InChI=1S/C16H20F3NO2/c1-10(2)11(3)14(21)20-13(12-7-5-4-6-8-12)9-22-15(20)16(17,18)19/h4-8,10-11,13,15H,9H2,1-3H3/t11-,13-,15-/m0/s1. The molecule has 0 aliphatic carbocycles. The van der Waals surface area contributed by atoms with Gasteiger partial charge in [0, 0.05) is 5.92 Å². The van der Waals surface area contributed by atoms with Crippen molar-refractivity contribution in [3.63, 3.8) is 0 Å². The van der Waals surface area contributed by atoms with E-state index >= 15 is 0 Å². The Bertz CT molecular complexity index is 516. The molecule has 0 saturated carbocycles. The molecule has 1 amide bonds. The normalized spacial score (nSPS) is 23.9. The lowest BCUT2D eigenvalue weighted by atomic mass is 9.95. The fourth-order valence-electron chi connectivity index (χ4n) is 2.48. The van der Waals surface area contributed by atoms with E-state index in [1.54, 1.807) is 37.3 Å². The Kier molecular flexibility index (Phi) is 4.80. The third-order valence-corrected chi connectivity index (χ3v) is 4.11. The van der Waals surface area contributed by atoms with Gasteiger partial charge in [0.1, 0.15) is 0 Å². The van der Waals surface area contributed by atoms with Gasteiger partial charge >= 0.3 is 6.18 Å². The van der Waals surface area contributed by atoms with Crippen LogP contribution in [0.15, 0.2) is 30.3 Å². The molecule has 1 fully saturated rings. The van der Waals surface area contributed by atoms with Gasteiger partial charge in [-0.2, -0.15) is 13.2 Å². The number of alkyl halides is 3. The molecule has 1 aromatic carbocycles. The number of amides is 1. The molecule has 0 radical (unpaired) electrons. The summed E-state index contributed by atoms with van der Waals surface area (Å²) >= 11 is 0. The number of nitrogens with zero attached hydrogens (tertiary/aromatic N) is 1. The molecule has 3 atom stereocenters. The number of benzene rings is 1. The summed E-state index contributed by atoms with van der Waals surface area (Å²) in [4.78, 5) is 13.4. The van der Waals surface area contributed by atoms with E-state index in [9.17, 15) is 18.0 Å². The van der Waals surface area contributed by atoms with Gasteiger partial charge in [-0.05, 0) is 11.5 Å². The van der Waals surface area contributed by atoms with Gasteiger partial charge in [0.15, 0.2) is 0 Å². The third kappa shape index (κ3) is 3.27. The Labute approximate surface area is 128 Å². The monoisotopic (exact) mass is 315 g/mol. The first-order valence-corrected chi connectivity index (χ1v) is 7.29. The molecule has 0 unspecified atom stereocenters. The average molecular weight is 315 g/mol. The highest BCUT2D eigenvalue weighted by molar-refractivity contribution is 5.79. The maximum absolute atomic E-state index is 13.2. The Balaban J connectivity index is 2.36. The largest absolute Gasteiger partial charge is 0.433 e. The van der Waals surface area contributed by atoms with Crippen LogP contribution in [-0.2, 0) is 9.53 Å². The Morgan fingerprint density at radius 3 is 2.32 bits per heavy atom. The van der Waals surface area contributed by atoms with E-state index in [0.29, 0.717) is 5.56 Å². The highest BCUT2D eigenvalue weighted by Gasteiger charge is 2.54. The summed E-state index contributed by atoms with van der Waals surface area (Å²) in [5, 5.41) is 0. The van der Waals surface area contributed by atoms with Crippen molar-refractivity contribution in [1.29, 1.82) is 0 Å². The maximum Gasteiger partial charge on any atom is 0.433 e. The fourth-order valence-corrected chi connectivity index (χ4v) is 2.48. The predicted octanol–water partition coefficient (Wildman–Crippen LogP) is 3.77. The molecule has 6 heteroatoms. The first-order valence-electron chi connectivity index (χ1n) is 7.29. The van der Waals surface area contributed by atoms with Gasteiger partial charge in [0.2, 0.25) is 12.1 Å². The molecule has 1 saturated heterocycles. The van der Waals surface area contributed by atoms with Crippen molar-refractivity contribution in [1.82, 2.24) is 4.90 Å². The lowest BCUT2D eigenvalue weighted by molar-refractivity contribution is -0.241. The zero-order valence-corrected chi connectivity index (χ0v) is 12.8. The first kappa shape index (κ1) is 16.8. The minimum absolute atomic E-state index is 0.0431. The van der Waals surface area contributed by atoms with Crippen LogP contribution >= 0.6 is 0 Å². The number of carbonyl (C=O) groups is 1. The molecule has 3 nitrogen and oxygen atoms in total. The molecule has 1 aliphatic rings. The van der Waals surface area contributed by atoms with E-state index in [1.807, 2.05) is 13.8 Å². The van der Waals surface area contributed by atoms with E-state index in [2.05, 4.69) is 0 Å². The number of rotatable bonds is 3. The van der Waals surface area contributed by atoms with Crippen LogP contribution in [0.3, 0.4) is 0 Å². The Morgan fingerprint density at radius 1 is 1.23 bits per heavy atom. The van der Waals surface area contributed by atoms with E-state index < -0.39 is 30.3 Å². The molecule has 2 rings (SSSR count). The van der Waals surface area contributed by atoms with E-state index in [0.717, 1.165) is 4.90 Å². The van der Waals surface area contributed by atoms with Crippen molar-refractivity contribution in [3.05, 3.63) is 35.9 Å². The quantitative estimate of drug-likeness (QED) is 0.850. The van der Waals surface area contributed by atoms with Crippen LogP contribution in [0.4, 0.5) is 13.2 Å². The number of ether oxygens (including phenoxy) is 1. The first-order chi connectivity index (χ1) is 10.2. The second-order valence-corrected chi connectivity index (χ2v) is 5.93. The van der Waals surface area contributed by atoms with Crippen molar-refractivity contribution in [3.8, 4) is 0 Å². The summed E-state index contributed by atoms with van der Waals surface area (Å²) < 4.78 is 44.5. The molecule has 1 heterocycles. The third-order valence-electron chi connectivity index (χ3n) is 4.11. The average Bonchev–Trinajstić information content (AvgIpc) is 2.91. The number of halogens is 3. The second-order valence-electron chi connectivity index (χ2n) is 5.93. The summed E-state index contributed by atoms with van der Waals surface area (Å²) in [5.41, 5.74) is 0.651. The predicted molar refractivity (Wildman–Crippen MR) is 75.8 cm³/mol. The summed E-state index contributed by atoms with van der Waals surface area (Å²) in [6.07, 6.45) is -6.78. The molecule has 1 aliphatic heterocycles. The minimum Gasteiger partial charge on any atom is -0.347 e. The van der Waals surface area contributed by atoms with Gasteiger partial charge < -0.3 is 4.74 Å². The van der Waals surface area contributed by atoms with Gasteiger partial charge in [0.25, 0.3) is 0 Å². The Morgan fingerprint density at radius 2 is 1.82 bits per heavy atom. The number of carbonyl (C=O) groups excluding carboxylic acids is 1. The second kappa shape index (κ2) is 6.28. The zero-order valence-electron chi connectivity index (χ0n) is 12.8. The molecule has 1 aromatic rings. The van der Waals surface area contributed by atoms with Crippen LogP contribution in [0.25, 0.3) is 0 Å². The molecular formula is C16H20F3NO2. The van der Waals surface area contributed by atoms with Crippen LogP contribution in [0.2, 0.25) is 0 Å². The smallest absolute Gasteiger partial charge is 0.347 e. The minimum atomic E-state index is -4.60. The maximum atomic E-state index is 13.2. The van der Waals surface area contributed by atoms with Gasteiger partial charge in [-0.15, -0.1) is 0 Å². The van der Waals surface area contributed by atoms with E-state index in [4.69, 9.17) is 4.74 Å². The molecule has 0 spiro atoms. The van der Waals surface area contributed by atoms with Crippen molar-refractivity contribution < 1.29 is 22.7 Å². The number of hydrogen-bond acceptors (Lipinski definition) is 2. The highest BCUT2D eigenvalue weighted by atomic mass is 19.4. The summed E-state index contributed by atoms with van der Waals surface area (Å²) in [7, 11) is 0. The van der Waals surface area contributed by atoms with Gasteiger partial charge in [-0.1, -0.05) is 51.1 Å². The van der Waals surface area contributed by atoms with E-state index in [-0.39, 0.29) is 12.5 Å². The van der Waals surface area contributed by atoms with Crippen LogP contribution in [0, 0.1) is 11.8 Å². The van der Waals surface area contributed by atoms with Crippen LogP contribution in [0.1, 0.15) is 32.4 Å². The molecule has 22 heavy (non-hydrogen) atoms. The summed E-state index contributed by atoms with van der Waals surface area (Å²) in [6.45, 7) is 5.14. The topological polar surface area (TPSA) is 29.5 Å². The molecule has 0 N–H and O–H groups in total. The van der Waals surface area contributed by atoms with Crippen molar-refractivity contribution >= 4 is 5.91 Å². The zero-order chi connectivity index (χ0) is 16.5. The van der Waals surface area contributed by atoms with Crippen LogP contribution < -0.4 is 0 Å². The van der Waals surface area contributed by atoms with Gasteiger partial charge in [0.05, 0.1) is 12.6 Å². The van der Waals surface area contributed by atoms with E-state index in [1.165, 1.54) is 0 Å². The van der Waals surface area contributed by atoms with Crippen LogP contribution in [0.5, 0.6) is 0 Å². The molecule has 0 bridgehead atoms. The fraction of sp³-hybridized carbons (Fsp3) is 0.562. The van der Waals surface area contributed by atoms with Gasteiger partial charge in [-0.3, -0.25) is 9.69 Å².